The summed E-state index contributed by atoms with van der Waals surface area (Å²) in [5.74, 6) is -1.23. The van der Waals surface area contributed by atoms with Crippen molar-refractivity contribution in [1.82, 2.24) is 0 Å². The van der Waals surface area contributed by atoms with Crippen molar-refractivity contribution in [3.05, 3.63) is 38.0 Å². The molecule has 0 aromatic heterocycles. The average Bonchev–Trinajstić information content (AvgIpc) is 2.05. The second-order valence-corrected chi connectivity index (χ2v) is 3.40. The Morgan fingerprint density at radius 2 is 1.44 bits per heavy atom. The summed E-state index contributed by atoms with van der Waals surface area (Å²) in [7, 11) is 4.31. The maximum absolute atomic E-state index is 9.14. The first-order valence-electron chi connectivity index (χ1n) is 4.27. The maximum Gasteiger partial charge on any atom is 1.00 e. The zero-order valence-electron chi connectivity index (χ0n) is 10.4. The van der Waals surface area contributed by atoms with Crippen molar-refractivity contribution in [3.63, 3.8) is 0 Å². The molecule has 0 saturated carbocycles. The molecule has 0 atom stereocenters. The summed E-state index contributed by atoms with van der Waals surface area (Å²) in [5.41, 5.74) is 0. The SMILES string of the molecule is C=CC(=O)[O-].C=CC[N+](C)(C)CC=C.[Cl-].[Na+]. The van der Waals surface area contributed by atoms with Gasteiger partial charge in [0.15, 0.2) is 0 Å². The predicted octanol–water partition coefficient (Wildman–Crippen LogP) is -5.63. The van der Waals surface area contributed by atoms with Gasteiger partial charge in [0.2, 0.25) is 0 Å². The molecule has 5 heteroatoms. The summed E-state index contributed by atoms with van der Waals surface area (Å²) in [6, 6.07) is 0. The monoisotopic (exact) mass is 255 g/mol. The van der Waals surface area contributed by atoms with Crippen LogP contribution in [0.4, 0.5) is 0 Å². The minimum Gasteiger partial charge on any atom is -1.00 e. The number of carbonyl (C=O) groups excluding carboxylic acids is 1. The van der Waals surface area contributed by atoms with Gasteiger partial charge in [-0.3, -0.25) is 0 Å². The molecular formula is C11H19ClNNaO2. The Hall–Kier alpha value is -0.0600. The molecule has 0 radical (unpaired) electrons. The van der Waals surface area contributed by atoms with Gasteiger partial charge in [-0.1, -0.05) is 19.7 Å². The van der Waals surface area contributed by atoms with E-state index in [-0.39, 0.29) is 42.0 Å². The molecule has 0 N–H and O–H groups in total. The van der Waals surface area contributed by atoms with Crippen molar-refractivity contribution >= 4 is 5.97 Å². The fraction of sp³-hybridized carbons (Fsp3) is 0.364. The maximum atomic E-state index is 9.14. The van der Waals surface area contributed by atoms with Gasteiger partial charge in [0.25, 0.3) is 0 Å². The first-order valence-corrected chi connectivity index (χ1v) is 4.27. The van der Waals surface area contributed by atoms with E-state index in [4.69, 9.17) is 9.90 Å². The average molecular weight is 256 g/mol. The van der Waals surface area contributed by atoms with E-state index in [1.807, 2.05) is 12.2 Å². The molecule has 0 amide bonds. The number of halogens is 1. The zero-order valence-corrected chi connectivity index (χ0v) is 13.2. The van der Waals surface area contributed by atoms with Gasteiger partial charge >= 0.3 is 29.6 Å². The summed E-state index contributed by atoms with van der Waals surface area (Å²) >= 11 is 0. The number of hydrogen-bond donors (Lipinski definition) is 0. The van der Waals surface area contributed by atoms with Crippen LogP contribution in [0.25, 0.3) is 0 Å². The van der Waals surface area contributed by atoms with Crippen LogP contribution in [0.2, 0.25) is 0 Å². The van der Waals surface area contributed by atoms with Crippen LogP contribution in [0.15, 0.2) is 38.0 Å². The van der Waals surface area contributed by atoms with Crippen LogP contribution in [0.1, 0.15) is 0 Å². The number of carboxylic acids is 1. The molecule has 0 aliphatic rings. The Kier molecular flexibility index (Phi) is 23.3. The third-order valence-corrected chi connectivity index (χ3v) is 1.41. The standard InChI is InChI=1S/C8H16N.C3H4O2.ClH.Na/c1-5-7-9(3,4)8-6-2;1-2-3(4)5;;/h5-6H,1-2,7-8H2,3-4H3;2H,1H2,(H,4,5);1H;/q+1;;;+1/p-2. The fourth-order valence-corrected chi connectivity index (χ4v) is 0.774. The van der Waals surface area contributed by atoms with Crippen LogP contribution in [-0.4, -0.2) is 37.6 Å². The molecule has 0 aromatic rings. The van der Waals surface area contributed by atoms with Crippen molar-refractivity contribution in [2.75, 3.05) is 27.2 Å². The zero-order chi connectivity index (χ0) is 11.6. The number of nitrogens with zero attached hydrogens (tertiary/aromatic N) is 1. The van der Waals surface area contributed by atoms with Gasteiger partial charge in [0.1, 0.15) is 0 Å². The minimum absolute atomic E-state index is 0. The number of likely N-dealkylation sites (N-methyl/N-ethyl adjacent to an activating group) is 1. The molecule has 0 bridgehead atoms. The number of quaternary nitrogens is 1. The normalized spacial score (nSPS) is 8.12. The van der Waals surface area contributed by atoms with Crippen molar-refractivity contribution in [2.45, 2.75) is 0 Å². The van der Waals surface area contributed by atoms with Crippen LogP contribution >= 0.6 is 0 Å². The van der Waals surface area contributed by atoms with Crippen LogP contribution in [-0.2, 0) is 4.79 Å². The first kappa shape index (κ1) is 25.0. The Labute approximate surface area is 127 Å². The van der Waals surface area contributed by atoms with Gasteiger partial charge in [-0.2, -0.15) is 0 Å². The Morgan fingerprint density at radius 1 is 1.19 bits per heavy atom. The number of hydrogen-bond acceptors (Lipinski definition) is 2. The Balaban J connectivity index is -0.0000000904. The van der Waals surface area contributed by atoms with E-state index in [0.717, 1.165) is 23.6 Å². The van der Waals surface area contributed by atoms with Crippen LogP contribution in [0.3, 0.4) is 0 Å². The van der Waals surface area contributed by atoms with E-state index in [0.29, 0.717) is 0 Å². The van der Waals surface area contributed by atoms with E-state index < -0.39 is 5.97 Å². The van der Waals surface area contributed by atoms with Crippen LogP contribution < -0.4 is 47.1 Å². The van der Waals surface area contributed by atoms with E-state index in [1.54, 1.807) is 0 Å². The quantitative estimate of drug-likeness (QED) is 0.213. The summed E-state index contributed by atoms with van der Waals surface area (Å²) < 4.78 is 0.951. The second-order valence-electron chi connectivity index (χ2n) is 3.40. The largest absolute Gasteiger partial charge is 1.00 e. The van der Waals surface area contributed by atoms with Crippen molar-refractivity contribution < 1.29 is 56.3 Å². The number of carboxylic acid groups (broad SMARTS) is 1. The molecule has 0 aliphatic heterocycles. The van der Waals surface area contributed by atoms with Crippen LogP contribution in [0, 0.1) is 0 Å². The third kappa shape index (κ3) is 23.6. The summed E-state index contributed by atoms with van der Waals surface area (Å²) in [5, 5.41) is 9.14. The number of carbonyl (C=O) groups is 1. The van der Waals surface area contributed by atoms with Crippen molar-refractivity contribution in [3.8, 4) is 0 Å². The molecule has 0 saturated heterocycles. The molecule has 0 rings (SSSR count). The number of rotatable bonds is 5. The van der Waals surface area contributed by atoms with E-state index in [9.17, 15) is 0 Å². The molecule has 0 unspecified atom stereocenters. The first-order chi connectivity index (χ1) is 6.39. The summed E-state index contributed by atoms with van der Waals surface area (Å²) in [4.78, 5) is 9.14. The topological polar surface area (TPSA) is 40.1 Å². The molecule has 16 heavy (non-hydrogen) atoms. The van der Waals surface area contributed by atoms with Gasteiger partial charge in [-0.05, 0) is 18.2 Å². The van der Waals surface area contributed by atoms with Gasteiger partial charge in [0, 0.05) is 0 Å². The predicted molar refractivity (Wildman–Crippen MR) is 57.4 cm³/mol. The van der Waals surface area contributed by atoms with Crippen molar-refractivity contribution in [1.29, 1.82) is 0 Å². The molecule has 0 fully saturated rings. The summed E-state index contributed by atoms with van der Waals surface area (Å²) in [6.07, 6.45) is 4.59. The Morgan fingerprint density at radius 3 is 1.56 bits per heavy atom. The van der Waals surface area contributed by atoms with Gasteiger partial charge < -0.3 is 26.8 Å². The smallest absolute Gasteiger partial charge is 1.00 e. The Bertz CT molecular complexity index is 206. The van der Waals surface area contributed by atoms with Crippen LogP contribution in [0.5, 0.6) is 0 Å². The third-order valence-electron chi connectivity index (χ3n) is 1.41. The molecular weight excluding hydrogens is 237 g/mol. The molecule has 0 heterocycles. The van der Waals surface area contributed by atoms with E-state index >= 15 is 0 Å². The molecule has 0 aromatic carbocycles. The molecule has 0 spiro atoms. The summed E-state index contributed by atoms with van der Waals surface area (Å²) in [6.45, 7) is 12.3. The molecule has 88 valence electrons. The van der Waals surface area contributed by atoms with Gasteiger partial charge in [-0.15, -0.1) is 0 Å². The van der Waals surface area contributed by atoms with Gasteiger partial charge in [-0.25, -0.2) is 0 Å². The van der Waals surface area contributed by atoms with E-state index in [2.05, 4.69) is 33.8 Å². The molecule has 0 aliphatic carbocycles. The van der Waals surface area contributed by atoms with E-state index in [1.165, 1.54) is 0 Å². The minimum atomic E-state index is -1.23. The second kappa shape index (κ2) is 14.9. The molecule has 3 nitrogen and oxygen atoms in total. The number of aliphatic carboxylic acids is 1. The van der Waals surface area contributed by atoms with Crippen molar-refractivity contribution in [2.24, 2.45) is 0 Å². The fourth-order valence-electron chi connectivity index (χ4n) is 0.774. The van der Waals surface area contributed by atoms with Gasteiger partial charge in [0.05, 0.1) is 33.2 Å².